The third kappa shape index (κ3) is 3.10. The lowest BCUT2D eigenvalue weighted by molar-refractivity contribution is 0.458. The maximum atomic E-state index is 10.1. The number of aromatic nitrogens is 1. The summed E-state index contributed by atoms with van der Waals surface area (Å²) in [7, 11) is 0. The molecule has 2 aromatic rings. The van der Waals surface area contributed by atoms with Crippen LogP contribution in [0.4, 0.5) is 0 Å². The van der Waals surface area contributed by atoms with Gasteiger partial charge in [0, 0.05) is 16.6 Å². The fourth-order valence-corrected chi connectivity index (χ4v) is 2.41. The van der Waals surface area contributed by atoms with Gasteiger partial charge in [0.15, 0.2) is 0 Å². The van der Waals surface area contributed by atoms with Crippen molar-refractivity contribution in [3.63, 3.8) is 0 Å². The van der Waals surface area contributed by atoms with Gasteiger partial charge < -0.3 is 5.11 Å². The largest absolute Gasteiger partial charge is 0.506 e. The number of alkyl halides is 1. The van der Waals surface area contributed by atoms with E-state index in [9.17, 15) is 5.11 Å². The second-order valence-corrected chi connectivity index (χ2v) is 4.90. The zero-order valence-electron chi connectivity index (χ0n) is 10.4. The van der Waals surface area contributed by atoms with Crippen LogP contribution in [0, 0.1) is 6.92 Å². The van der Waals surface area contributed by atoms with Gasteiger partial charge in [0.25, 0.3) is 0 Å². The molecular formula is C15H16BrNO. The molecule has 0 aliphatic rings. The number of aryl methyl sites for hydroxylation is 3. The third-order valence-corrected chi connectivity index (χ3v) is 3.51. The molecule has 2 rings (SSSR count). The first-order valence-corrected chi connectivity index (χ1v) is 7.11. The number of hydrogen-bond acceptors (Lipinski definition) is 2. The smallest absolute Gasteiger partial charge is 0.141 e. The summed E-state index contributed by atoms with van der Waals surface area (Å²) in [5.41, 5.74) is 3.91. The third-order valence-electron chi connectivity index (χ3n) is 2.91. The molecule has 1 aromatic heterocycles. The Balaban J connectivity index is 2.17. The Kier molecular flexibility index (Phi) is 4.37. The highest BCUT2D eigenvalue weighted by molar-refractivity contribution is 9.08. The van der Waals surface area contributed by atoms with Gasteiger partial charge in [-0.3, -0.25) is 4.98 Å². The van der Waals surface area contributed by atoms with Crippen LogP contribution in [0.25, 0.3) is 0 Å². The lowest BCUT2D eigenvalue weighted by Gasteiger charge is -2.09. The van der Waals surface area contributed by atoms with E-state index in [4.69, 9.17) is 0 Å². The second kappa shape index (κ2) is 6.01. The van der Waals surface area contributed by atoms with Crippen LogP contribution in [0.1, 0.15) is 22.5 Å². The summed E-state index contributed by atoms with van der Waals surface area (Å²) < 4.78 is 0. The summed E-state index contributed by atoms with van der Waals surface area (Å²) in [5, 5.41) is 10.8. The Bertz CT molecular complexity index is 526. The van der Waals surface area contributed by atoms with Gasteiger partial charge in [0.05, 0.1) is 5.69 Å². The van der Waals surface area contributed by atoms with Crippen LogP contribution in [0.15, 0.2) is 36.4 Å². The van der Waals surface area contributed by atoms with Crippen LogP contribution in [0.5, 0.6) is 5.75 Å². The molecule has 2 nitrogen and oxygen atoms in total. The molecule has 0 fully saturated rings. The molecule has 0 saturated carbocycles. The monoisotopic (exact) mass is 305 g/mol. The summed E-state index contributed by atoms with van der Waals surface area (Å²) in [6.07, 6.45) is 1.66. The first-order chi connectivity index (χ1) is 8.70. The Morgan fingerprint density at radius 3 is 2.56 bits per heavy atom. The van der Waals surface area contributed by atoms with Crippen LogP contribution in [-0.2, 0) is 18.2 Å². The highest BCUT2D eigenvalue weighted by atomic mass is 79.9. The summed E-state index contributed by atoms with van der Waals surface area (Å²) >= 11 is 3.38. The summed E-state index contributed by atoms with van der Waals surface area (Å²) in [5.74, 6) is 0.327. The van der Waals surface area contributed by atoms with Gasteiger partial charge in [0.1, 0.15) is 5.75 Å². The van der Waals surface area contributed by atoms with E-state index in [0.29, 0.717) is 11.1 Å². The van der Waals surface area contributed by atoms with Crippen molar-refractivity contribution in [2.24, 2.45) is 0 Å². The molecule has 94 valence electrons. The molecule has 0 spiro atoms. The van der Waals surface area contributed by atoms with Gasteiger partial charge in [-0.25, -0.2) is 0 Å². The number of hydrogen-bond donors (Lipinski definition) is 1. The molecule has 18 heavy (non-hydrogen) atoms. The minimum atomic E-state index is 0.327. The van der Waals surface area contributed by atoms with Crippen molar-refractivity contribution < 1.29 is 5.11 Å². The maximum absolute atomic E-state index is 10.1. The maximum Gasteiger partial charge on any atom is 0.141 e. The predicted molar refractivity (Wildman–Crippen MR) is 77.1 cm³/mol. The summed E-state index contributed by atoms with van der Waals surface area (Å²) in [4.78, 5) is 4.43. The Morgan fingerprint density at radius 1 is 1.17 bits per heavy atom. The van der Waals surface area contributed by atoms with Gasteiger partial charge in [-0.2, -0.15) is 0 Å². The van der Waals surface area contributed by atoms with Crippen molar-refractivity contribution in [3.8, 4) is 5.75 Å². The van der Waals surface area contributed by atoms with Crippen molar-refractivity contribution >= 4 is 15.9 Å². The number of benzene rings is 1. The Hall–Kier alpha value is -1.35. The average molecular weight is 306 g/mol. The molecule has 1 heterocycles. The molecule has 1 N–H and O–H groups in total. The molecule has 0 aliphatic heterocycles. The molecule has 0 unspecified atom stereocenters. The van der Waals surface area contributed by atoms with Crippen LogP contribution in [0.3, 0.4) is 0 Å². The Morgan fingerprint density at radius 2 is 1.89 bits per heavy atom. The number of halogens is 1. The number of rotatable bonds is 4. The molecule has 1 aromatic carbocycles. The van der Waals surface area contributed by atoms with Crippen molar-refractivity contribution in [1.82, 2.24) is 4.98 Å². The van der Waals surface area contributed by atoms with Gasteiger partial charge in [-0.05, 0) is 31.4 Å². The number of pyridine rings is 1. The van der Waals surface area contributed by atoms with E-state index >= 15 is 0 Å². The second-order valence-electron chi connectivity index (χ2n) is 4.34. The van der Waals surface area contributed by atoms with E-state index in [2.05, 4.69) is 33.0 Å². The zero-order valence-corrected chi connectivity index (χ0v) is 11.9. The van der Waals surface area contributed by atoms with Crippen molar-refractivity contribution in [1.29, 1.82) is 0 Å². The summed E-state index contributed by atoms with van der Waals surface area (Å²) in [6, 6.07) is 12.2. The van der Waals surface area contributed by atoms with Crippen molar-refractivity contribution in [2.45, 2.75) is 25.1 Å². The minimum absolute atomic E-state index is 0.327. The van der Waals surface area contributed by atoms with Gasteiger partial charge >= 0.3 is 0 Å². The first kappa shape index (κ1) is 13.1. The fourth-order valence-electron chi connectivity index (χ4n) is 1.99. The number of nitrogens with zero attached hydrogens (tertiary/aromatic N) is 1. The van der Waals surface area contributed by atoms with E-state index in [-0.39, 0.29) is 0 Å². The van der Waals surface area contributed by atoms with Crippen molar-refractivity contribution in [3.05, 3.63) is 58.9 Å². The highest BCUT2D eigenvalue weighted by Crippen LogP contribution is 2.25. The van der Waals surface area contributed by atoms with E-state index < -0.39 is 0 Å². The molecule has 0 aliphatic carbocycles. The normalized spacial score (nSPS) is 10.6. The van der Waals surface area contributed by atoms with Gasteiger partial charge in [-0.15, -0.1) is 0 Å². The molecule has 0 radical (unpaired) electrons. The van der Waals surface area contributed by atoms with Crippen LogP contribution in [0.2, 0.25) is 0 Å². The molecule has 0 atom stereocenters. The predicted octanol–water partition coefficient (Wildman–Crippen LogP) is 3.78. The molecule has 3 heteroatoms. The Labute approximate surface area is 116 Å². The number of aromatic hydroxyl groups is 1. The van der Waals surface area contributed by atoms with Gasteiger partial charge in [0.2, 0.25) is 0 Å². The van der Waals surface area contributed by atoms with Crippen LogP contribution in [-0.4, -0.2) is 10.1 Å². The highest BCUT2D eigenvalue weighted by Gasteiger charge is 2.09. The van der Waals surface area contributed by atoms with E-state index in [1.807, 2.05) is 31.2 Å². The minimum Gasteiger partial charge on any atom is -0.506 e. The molecule has 0 amide bonds. The van der Waals surface area contributed by atoms with Crippen LogP contribution >= 0.6 is 15.9 Å². The molecular weight excluding hydrogens is 290 g/mol. The fraction of sp³-hybridized carbons (Fsp3) is 0.267. The zero-order chi connectivity index (χ0) is 13.0. The standard InChI is InChI=1S/C15H16BrNO/c1-11-9-13(10-16)15(18)14(17-11)8-7-12-5-3-2-4-6-12/h2-6,9,18H,7-8,10H2,1H3. The lowest BCUT2D eigenvalue weighted by Crippen LogP contribution is -1.99. The van der Waals surface area contributed by atoms with E-state index in [0.717, 1.165) is 29.8 Å². The topological polar surface area (TPSA) is 33.1 Å². The quantitative estimate of drug-likeness (QED) is 0.872. The van der Waals surface area contributed by atoms with Gasteiger partial charge in [-0.1, -0.05) is 46.3 Å². The molecule has 0 bridgehead atoms. The molecule has 0 saturated heterocycles. The van der Waals surface area contributed by atoms with Crippen molar-refractivity contribution in [2.75, 3.05) is 0 Å². The SMILES string of the molecule is Cc1cc(CBr)c(O)c(CCc2ccccc2)n1. The lowest BCUT2D eigenvalue weighted by atomic mass is 10.1. The van der Waals surface area contributed by atoms with E-state index in [1.54, 1.807) is 0 Å². The van der Waals surface area contributed by atoms with E-state index in [1.165, 1.54) is 5.56 Å². The summed E-state index contributed by atoms with van der Waals surface area (Å²) in [6.45, 7) is 1.96. The average Bonchev–Trinajstić information content (AvgIpc) is 2.40. The first-order valence-electron chi connectivity index (χ1n) is 5.99. The van der Waals surface area contributed by atoms with Crippen LogP contribution < -0.4 is 0 Å².